The highest BCUT2D eigenvalue weighted by molar-refractivity contribution is 7.89. The van der Waals surface area contributed by atoms with E-state index in [1.165, 1.54) is 22.5 Å². The number of sulfonamides is 1. The molecule has 0 bridgehead atoms. The van der Waals surface area contributed by atoms with E-state index in [0.29, 0.717) is 0 Å². The topological polar surface area (TPSA) is 57.6 Å². The second kappa shape index (κ2) is 5.35. The Hall–Kier alpha value is -0.330. The lowest BCUT2D eigenvalue weighted by Gasteiger charge is -2.21. The Kier molecular flexibility index (Phi) is 4.18. The van der Waals surface area contributed by atoms with Crippen molar-refractivity contribution in [3.8, 4) is 0 Å². The van der Waals surface area contributed by atoms with E-state index < -0.39 is 10.0 Å². The predicted octanol–water partition coefficient (Wildman–Crippen LogP) is 2.14. The van der Waals surface area contributed by atoms with Gasteiger partial charge in [-0.2, -0.15) is 4.31 Å². The van der Waals surface area contributed by atoms with Crippen molar-refractivity contribution in [1.82, 2.24) is 4.31 Å². The third kappa shape index (κ3) is 2.97. The highest BCUT2D eigenvalue weighted by atomic mass is 35.5. The highest BCUT2D eigenvalue weighted by Gasteiger charge is 2.37. The van der Waals surface area contributed by atoms with Gasteiger partial charge in [0, 0.05) is 22.6 Å². The fourth-order valence-corrected chi connectivity index (χ4v) is 4.18. The number of aliphatic hydroxyl groups is 1. The third-order valence-electron chi connectivity index (χ3n) is 2.72. The molecule has 1 aliphatic carbocycles. The van der Waals surface area contributed by atoms with Crippen LogP contribution in [0.3, 0.4) is 0 Å². The van der Waals surface area contributed by atoms with Gasteiger partial charge in [-0.1, -0.05) is 23.2 Å². The second-order valence-electron chi connectivity index (χ2n) is 4.18. The molecule has 4 nitrogen and oxygen atoms in total. The maximum Gasteiger partial charge on any atom is 0.243 e. The van der Waals surface area contributed by atoms with Crippen molar-refractivity contribution in [1.29, 1.82) is 0 Å². The lowest BCUT2D eigenvalue weighted by Crippen LogP contribution is -2.35. The van der Waals surface area contributed by atoms with Crippen molar-refractivity contribution in [2.24, 2.45) is 0 Å². The van der Waals surface area contributed by atoms with Gasteiger partial charge in [0.2, 0.25) is 10.0 Å². The number of aliphatic hydroxyl groups excluding tert-OH is 1. The van der Waals surface area contributed by atoms with Crippen LogP contribution in [0.2, 0.25) is 10.0 Å². The number of benzene rings is 1. The van der Waals surface area contributed by atoms with Crippen LogP contribution in [0, 0.1) is 0 Å². The zero-order chi connectivity index (χ0) is 13.3. The normalized spacial score (nSPS) is 16.2. The highest BCUT2D eigenvalue weighted by Crippen LogP contribution is 2.33. The van der Waals surface area contributed by atoms with E-state index in [2.05, 4.69) is 0 Å². The fraction of sp³-hybridized carbons (Fsp3) is 0.455. The van der Waals surface area contributed by atoms with Gasteiger partial charge >= 0.3 is 0 Å². The van der Waals surface area contributed by atoms with E-state index >= 15 is 0 Å². The quantitative estimate of drug-likeness (QED) is 0.906. The summed E-state index contributed by atoms with van der Waals surface area (Å²) < 4.78 is 26.1. The molecule has 0 unspecified atom stereocenters. The summed E-state index contributed by atoms with van der Waals surface area (Å²) in [6.07, 6.45) is 1.65. The Labute approximate surface area is 116 Å². The molecular weight excluding hydrogens is 297 g/mol. The standard InChI is InChI=1S/C11H13Cl2NO3S/c12-8-5-9(13)7-11(6-8)18(16,17)14(3-4-15)10-1-2-10/h5-7,10,15H,1-4H2. The number of nitrogens with zero attached hydrogens (tertiary/aromatic N) is 1. The van der Waals surface area contributed by atoms with Gasteiger partial charge in [0.15, 0.2) is 0 Å². The molecule has 1 aliphatic rings. The van der Waals surface area contributed by atoms with E-state index in [0.717, 1.165) is 12.8 Å². The molecule has 100 valence electrons. The third-order valence-corrected chi connectivity index (χ3v) is 5.08. The average Bonchev–Trinajstić information content (AvgIpc) is 3.08. The molecule has 2 rings (SSSR count). The first kappa shape index (κ1) is 14.1. The van der Waals surface area contributed by atoms with Crippen molar-refractivity contribution in [2.75, 3.05) is 13.2 Å². The molecule has 0 radical (unpaired) electrons. The molecular formula is C11H13Cl2NO3S. The van der Waals surface area contributed by atoms with Crippen molar-refractivity contribution in [2.45, 2.75) is 23.8 Å². The molecule has 0 amide bonds. The molecule has 0 atom stereocenters. The van der Waals surface area contributed by atoms with Crippen molar-refractivity contribution in [3.63, 3.8) is 0 Å². The zero-order valence-corrected chi connectivity index (χ0v) is 11.8. The molecule has 0 spiro atoms. The molecule has 1 N–H and O–H groups in total. The Morgan fingerprint density at radius 3 is 2.22 bits per heavy atom. The number of hydrogen-bond acceptors (Lipinski definition) is 3. The molecule has 1 aromatic carbocycles. The monoisotopic (exact) mass is 309 g/mol. The summed E-state index contributed by atoms with van der Waals surface area (Å²) in [6.45, 7) is -0.110. The number of hydrogen-bond donors (Lipinski definition) is 1. The second-order valence-corrected chi connectivity index (χ2v) is 6.94. The summed E-state index contributed by atoms with van der Waals surface area (Å²) in [5.41, 5.74) is 0. The van der Waals surface area contributed by atoms with E-state index in [9.17, 15) is 8.42 Å². The molecule has 1 saturated carbocycles. The molecule has 1 fully saturated rings. The first-order valence-corrected chi connectivity index (χ1v) is 7.73. The van der Waals surface area contributed by atoms with E-state index in [-0.39, 0.29) is 34.1 Å². The van der Waals surface area contributed by atoms with Gasteiger partial charge in [0.05, 0.1) is 11.5 Å². The molecule has 0 aliphatic heterocycles. The van der Waals surface area contributed by atoms with Gasteiger partial charge in [0.1, 0.15) is 0 Å². The number of rotatable bonds is 5. The Balaban J connectivity index is 2.39. The van der Waals surface area contributed by atoms with Gasteiger partial charge in [-0.15, -0.1) is 0 Å². The van der Waals surface area contributed by atoms with Crippen LogP contribution in [-0.4, -0.2) is 37.0 Å². The minimum absolute atomic E-state index is 0.0140. The van der Waals surface area contributed by atoms with Crippen LogP contribution in [0.15, 0.2) is 23.1 Å². The zero-order valence-electron chi connectivity index (χ0n) is 9.51. The first-order valence-electron chi connectivity index (χ1n) is 5.54. The SMILES string of the molecule is O=S(=O)(c1cc(Cl)cc(Cl)c1)N(CCO)C1CC1. The Morgan fingerprint density at radius 1 is 1.22 bits per heavy atom. The van der Waals surface area contributed by atoms with Crippen LogP contribution in [-0.2, 0) is 10.0 Å². The van der Waals surface area contributed by atoms with Gasteiger partial charge < -0.3 is 5.11 Å². The molecule has 18 heavy (non-hydrogen) atoms. The van der Waals surface area contributed by atoms with Gasteiger partial charge in [-0.3, -0.25) is 0 Å². The minimum Gasteiger partial charge on any atom is -0.395 e. The lowest BCUT2D eigenvalue weighted by atomic mass is 10.4. The van der Waals surface area contributed by atoms with Crippen LogP contribution in [0.25, 0.3) is 0 Å². The molecule has 0 aromatic heterocycles. The minimum atomic E-state index is -3.64. The van der Waals surface area contributed by atoms with Crippen LogP contribution in [0.1, 0.15) is 12.8 Å². The molecule has 1 aromatic rings. The predicted molar refractivity (Wildman–Crippen MR) is 70.5 cm³/mol. The Bertz CT molecular complexity index is 523. The molecule has 7 heteroatoms. The summed E-state index contributed by atoms with van der Waals surface area (Å²) in [5, 5.41) is 9.53. The van der Waals surface area contributed by atoms with Crippen molar-refractivity contribution < 1.29 is 13.5 Å². The van der Waals surface area contributed by atoms with E-state index in [1.807, 2.05) is 0 Å². The lowest BCUT2D eigenvalue weighted by molar-refractivity contribution is 0.250. The smallest absolute Gasteiger partial charge is 0.243 e. The van der Waals surface area contributed by atoms with Gasteiger partial charge in [0.25, 0.3) is 0 Å². The Morgan fingerprint density at radius 2 is 1.78 bits per heavy atom. The van der Waals surface area contributed by atoms with Crippen molar-refractivity contribution >= 4 is 33.2 Å². The summed E-state index contributed by atoms with van der Waals surface area (Å²) in [5.74, 6) is 0. The molecule has 0 saturated heterocycles. The largest absolute Gasteiger partial charge is 0.395 e. The van der Waals surface area contributed by atoms with Crippen molar-refractivity contribution in [3.05, 3.63) is 28.2 Å². The van der Waals surface area contributed by atoms with Gasteiger partial charge in [-0.25, -0.2) is 8.42 Å². The average molecular weight is 310 g/mol. The van der Waals surface area contributed by atoms with Crippen LogP contribution in [0.4, 0.5) is 0 Å². The van der Waals surface area contributed by atoms with Crippen LogP contribution < -0.4 is 0 Å². The maximum absolute atomic E-state index is 12.4. The summed E-state index contributed by atoms with van der Waals surface area (Å²) in [6, 6.07) is 4.21. The van der Waals surface area contributed by atoms with Crippen LogP contribution in [0.5, 0.6) is 0 Å². The first-order chi connectivity index (χ1) is 8.45. The maximum atomic E-state index is 12.4. The fourth-order valence-electron chi connectivity index (χ4n) is 1.77. The summed E-state index contributed by atoms with van der Waals surface area (Å²) >= 11 is 11.6. The summed E-state index contributed by atoms with van der Waals surface area (Å²) in [7, 11) is -3.64. The molecule has 0 heterocycles. The van der Waals surface area contributed by atoms with Crippen LogP contribution >= 0.6 is 23.2 Å². The summed E-state index contributed by atoms with van der Waals surface area (Å²) in [4.78, 5) is 0.0698. The number of halogens is 2. The van der Waals surface area contributed by atoms with E-state index in [4.69, 9.17) is 28.3 Å². The van der Waals surface area contributed by atoms with E-state index in [1.54, 1.807) is 0 Å². The van der Waals surface area contributed by atoms with Gasteiger partial charge in [-0.05, 0) is 31.0 Å².